The molecule has 0 saturated heterocycles. The summed E-state index contributed by atoms with van der Waals surface area (Å²) >= 11 is 1.52. The smallest absolute Gasteiger partial charge is 0.214 e. The third-order valence-electron chi connectivity index (χ3n) is 2.41. The highest BCUT2D eigenvalue weighted by molar-refractivity contribution is 8.00. The van der Waals surface area contributed by atoms with Gasteiger partial charge in [-0.3, -0.25) is 0 Å². The molecule has 0 heterocycles. The van der Waals surface area contributed by atoms with Gasteiger partial charge in [-0.1, -0.05) is 6.92 Å². The summed E-state index contributed by atoms with van der Waals surface area (Å²) in [5.74, 6) is 0.711. The monoisotopic (exact) mass is 274 g/mol. The van der Waals surface area contributed by atoms with Crippen molar-refractivity contribution in [3.63, 3.8) is 0 Å². The molecule has 96 valence electrons. The average molecular weight is 274 g/mol. The minimum Gasteiger partial charge on any atom is -0.399 e. The number of benzene rings is 1. The van der Waals surface area contributed by atoms with E-state index in [-0.39, 0.29) is 5.75 Å². The lowest BCUT2D eigenvalue weighted by Gasteiger charge is -2.14. The number of nitrogen functional groups attached to an aromatic ring is 1. The number of nitrogens with zero attached hydrogens (tertiary/aromatic N) is 1. The molecule has 0 aromatic heterocycles. The maximum atomic E-state index is 11.7. The molecule has 17 heavy (non-hydrogen) atoms. The highest BCUT2D eigenvalue weighted by Crippen LogP contribution is 2.19. The Bertz CT molecular complexity index is 443. The van der Waals surface area contributed by atoms with Crippen LogP contribution in [-0.2, 0) is 10.0 Å². The van der Waals surface area contributed by atoms with Gasteiger partial charge >= 0.3 is 0 Å². The van der Waals surface area contributed by atoms with E-state index in [0.717, 1.165) is 4.90 Å². The summed E-state index contributed by atoms with van der Waals surface area (Å²) in [5, 5.41) is 0. The second-order valence-corrected chi connectivity index (χ2v) is 7.01. The fraction of sp³-hybridized carbons (Fsp3) is 0.455. The Kier molecular flexibility index (Phi) is 5.30. The summed E-state index contributed by atoms with van der Waals surface area (Å²) in [6.45, 7) is 2.33. The molecule has 0 spiro atoms. The van der Waals surface area contributed by atoms with Crippen LogP contribution in [-0.4, -0.2) is 37.8 Å². The minimum atomic E-state index is -3.10. The maximum Gasteiger partial charge on any atom is 0.214 e. The number of thioether (sulfide) groups is 1. The normalized spacial score (nSPS) is 11.9. The van der Waals surface area contributed by atoms with E-state index in [4.69, 9.17) is 5.73 Å². The van der Waals surface area contributed by atoms with E-state index >= 15 is 0 Å². The first-order valence-electron chi connectivity index (χ1n) is 5.38. The zero-order valence-corrected chi connectivity index (χ0v) is 11.7. The van der Waals surface area contributed by atoms with Gasteiger partial charge in [0.2, 0.25) is 10.0 Å². The molecular formula is C11H18N2O2S2. The molecule has 0 unspecified atom stereocenters. The van der Waals surface area contributed by atoms with Crippen LogP contribution in [0.1, 0.15) is 6.92 Å². The molecule has 1 aromatic rings. The van der Waals surface area contributed by atoms with E-state index in [9.17, 15) is 8.42 Å². The van der Waals surface area contributed by atoms with Crippen LogP contribution in [0.3, 0.4) is 0 Å². The molecule has 0 amide bonds. The van der Waals surface area contributed by atoms with Crippen LogP contribution in [0.25, 0.3) is 0 Å². The van der Waals surface area contributed by atoms with Gasteiger partial charge in [0.05, 0.1) is 5.75 Å². The second-order valence-electron chi connectivity index (χ2n) is 3.65. The quantitative estimate of drug-likeness (QED) is 0.633. The Hall–Kier alpha value is -0.720. The second kappa shape index (κ2) is 6.28. The molecule has 0 radical (unpaired) electrons. The Morgan fingerprint density at radius 1 is 1.29 bits per heavy atom. The summed E-state index contributed by atoms with van der Waals surface area (Å²) in [7, 11) is -1.50. The number of sulfonamides is 1. The van der Waals surface area contributed by atoms with Crippen LogP contribution < -0.4 is 5.73 Å². The van der Waals surface area contributed by atoms with Gasteiger partial charge in [-0.05, 0) is 24.3 Å². The lowest BCUT2D eigenvalue weighted by molar-refractivity contribution is 0.488. The lowest BCUT2D eigenvalue weighted by Crippen LogP contribution is -2.29. The van der Waals surface area contributed by atoms with Crippen molar-refractivity contribution < 1.29 is 8.42 Å². The van der Waals surface area contributed by atoms with Gasteiger partial charge in [-0.2, -0.15) is 0 Å². The van der Waals surface area contributed by atoms with Crippen LogP contribution in [0.5, 0.6) is 0 Å². The number of hydrogen-bond donors (Lipinski definition) is 1. The zero-order chi connectivity index (χ0) is 12.9. The van der Waals surface area contributed by atoms with Crippen molar-refractivity contribution in [2.75, 3.05) is 30.8 Å². The average Bonchev–Trinajstić information content (AvgIpc) is 2.30. The molecule has 0 atom stereocenters. The van der Waals surface area contributed by atoms with Crippen LogP contribution in [0.15, 0.2) is 29.2 Å². The molecular weight excluding hydrogens is 256 g/mol. The number of anilines is 1. The minimum absolute atomic E-state index is 0.159. The van der Waals surface area contributed by atoms with Gasteiger partial charge in [0.1, 0.15) is 0 Å². The number of nitrogens with two attached hydrogens (primary N) is 1. The van der Waals surface area contributed by atoms with E-state index < -0.39 is 10.0 Å². The van der Waals surface area contributed by atoms with Crippen molar-refractivity contribution in [2.45, 2.75) is 11.8 Å². The number of hydrogen-bond acceptors (Lipinski definition) is 4. The lowest BCUT2D eigenvalue weighted by atomic mass is 10.3. The highest BCUT2D eigenvalue weighted by atomic mass is 32.2. The van der Waals surface area contributed by atoms with Gasteiger partial charge in [0.15, 0.2) is 0 Å². The van der Waals surface area contributed by atoms with Crippen molar-refractivity contribution in [1.82, 2.24) is 4.31 Å². The van der Waals surface area contributed by atoms with E-state index in [2.05, 4.69) is 0 Å². The van der Waals surface area contributed by atoms with Crippen molar-refractivity contribution in [1.29, 1.82) is 0 Å². The molecule has 0 aliphatic rings. The molecule has 1 rings (SSSR count). The SMILES string of the molecule is CCN(C)S(=O)(=O)CCSc1ccc(N)cc1. The molecule has 2 N–H and O–H groups in total. The molecule has 4 nitrogen and oxygen atoms in total. The van der Waals surface area contributed by atoms with Crippen LogP contribution in [0.2, 0.25) is 0 Å². The summed E-state index contributed by atoms with van der Waals surface area (Å²) in [5.41, 5.74) is 6.29. The molecule has 6 heteroatoms. The Balaban J connectivity index is 2.45. The Morgan fingerprint density at radius 3 is 2.41 bits per heavy atom. The predicted octanol–water partition coefficient (Wildman–Crippen LogP) is 1.64. The van der Waals surface area contributed by atoms with Crippen LogP contribution in [0, 0.1) is 0 Å². The van der Waals surface area contributed by atoms with E-state index in [1.807, 2.05) is 31.2 Å². The van der Waals surface area contributed by atoms with Gasteiger partial charge < -0.3 is 5.73 Å². The highest BCUT2D eigenvalue weighted by Gasteiger charge is 2.15. The maximum absolute atomic E-state index is 11.7. The van der Waals surface area contributed by atoms with Crippen molar-refractivity contribution in [2.24, 2.45) is 0 Å². The van der Waals surface area contributed by atoms with Crippen molar-refractivity contribution in [3.8, 4) is 0 Å². The molecule has 0 aliphatic carbocycles. The summed E-state index contributed by atoms with van der Waals surface area (Å²) in [4.78, 5) is 1.04. The summed E-state index contributed by atoms with van der Waals surface area (Å²) in [6, 6.07) is 7.43. The molecule has 0 saturated carbocycles. The van der Waals surface area contributed by atoms with Gasteiger partial charge in [0, 0.05) is 29.9 Å². The molecule has 0 aliphatic heterocycles. The third kappa shape index (κ3) is 4.57. The first kappa shape index (κ1) is 14.3. The predicted molar refractivity (Wildman–Crippen MR) is 73.7 cm³/mol. The Labute approximate surface area is 107 Å². The Morgan fingerprint density at radius 2 is 1.88 bits per heavy atom. The first-order valence-corrected chi connectivity index (χ1v) is 7.97. The number of rotatable bonds is 6. The summed E-state index contributed by atoms with van der Waals surface area (Å²) in [6.07, 6.45) is 0. The summed E-state index contributed by atoms with van der Waals surface area (Å²) < 4.78 is 24.8. The zero-order valence-electron chi connectivity index (χ0n) is 10.1. The van der Waals surface area contributed by atoms with Crippen molar-refractivity contribution in [3.05, 3.63) is 24.3 Å². The van der Waals surface area contributed by atoms with Crippen LogP contribution >= 0.6 is 11.8 Å². The first-order chi connectivity index (χ1) is 7.95. The van der Waals surface area contributed by atoms with Gasteiger partial charge in [0.25, 0.3) is 0 Å². The van der Waals surface area contributed by atoms with Crippen LogP contribution in [0.4, 0.5) is 5.69 Å². The third-order valence-corrected chi connectivity index (χ3v) is 5.61. The molecule has 0 fully saturated rings. The largest absolute Gasteiger partial charge is 0.399 e. The van der Waals surface area contributed by atoms with E-state index in [1.54, 1.807) is 7.05 Å². The van der Waals surface area contributed by atoms with Crippen molar-refractivity contribution >= 4 is 27.5 Å². The van der Waals surface area contributed by atoms with Gasteiger partial charge in [-0.15, -0.1) is 11.8 Å². The molecule has 1 aromatic carbocycles. The molecule has 0 bridgehead atoms. The fourth-order valence-electron chi connectivity index (χ4n) is 1.18. The standard InChI is InChI=1S/C11H18N2O2S2/c1-3-13(2)17(14,15)9-8-16-11-6-4-10(12)5-7-11/h4-7H,3,8-9,12H2,1-2H3. The van der Waals surface area contributed by atoms with Gasteiger partial charge in [-0.25, -0.2) is 12.7 Å². The fourth-order valence-corrected chi connectivity index (χ4v) is 3.63. The van der Waals surface area contributed by atoms with E-state index in [0.29, 0.717) is 18.0 Å². The van der Waals surface area contributed by atoms with E-state index in [1.165, 1.54) is 16.1 Å². The topological polar surface area (TPSA) is 63.4 Å².